The van der Waals surface area contributed by atoms with Crippen molar-refractivity contribution >= 4 is 11.0 Å². The van der Waals surface area contributed by atoms with Crippen LogP contribution in [0.3, 0.4) is 0 Å². The normalized spacial score (nSPS) is 15.7. The number of piperidine rings is 1. The van der Waals surface area contributed by atoms with Crippen molar-refractivity contribution in [3.05, 3.63) is 24.3 Å². The van der Waals surface area contributed by atoms with Gasteiger partial charge in [0.15, 0.2) is 0 Å². The number of ether oxygens (including phenoxy) is 2. The zero-order chi connectivity index (χ0) is 15.9. The second-order valence-electron chi connectivity index (χ2n) is 5.94. The van der Waals surface area contributed by atoms with E-state index in [1.165, 1.54) is 19.3 Å². The summed E-state index contributed by atoms with van der Waals surface area (Å²) in [5, 5.41) is 3.40. The van der Waals surface area contributed by atoms with Crippen molar-refractivity contribution in [3.63, 3.8) is 0 Å². The molecule has 0 radical (unpaired) electrons. The summed E-state index contributed by atoms with van der Waals surface area (Å²) in [7, 11) is 0. The smallest absolute Gasteiger partial charge is 0.278 e. The van der Waals surface area contributed by atoms with E-state index >= 15 is 0 Å². The third-order valence-corrected chi connectivity index (χ3v) is 4.24. The van der Waals surface area contributed by atoms with Gasteiger partial charge < -0.3 is 14.8 Å². The van der Waals surface area contributed by atoms with Gasteiger partial charge in [-0.3, -0.25) is 0 Å². The lowest BCUT2D eigenvalue weighted by atomic mass is 9.93. The number of benzene rings is 1. The highest BCUT2D eigenvalue weighted by Crippen LogP contribution is 2.26. The fourth-order valence-corrected chi connectivity index (χ4v) is 3.00. The number of hydrogen-bond acceptors (Lipinski definition) is 5. The maximum Gasteiger partial charge on any atom is 0.278 e. The van der Waals surface area contributed by atoms with Gasteiger partial charge in [-0.15, -0.1) is 0 Å². The van der Waals surface area contributed by atoms with Gasteiger partial charge in [0.25, 0.3) is 11.8 Å². The monoisotopic (exact) mass is 315 g/mol. The Morgan fingerprint density at radius 3 is 2.35 bits per heavy atom. The predicted octanol–water partition coefficient (Wildman–Crippen LogP) is 3.19. The summed E-state index contributed by atoms with van der Waals surface area (Å²) in [6.45, 7) is 5.46. The van der Waals surface area contributed by atoms with E-state index in [0.29, 0.717) is 25.0 Å². The maximum absolute atomic E-state index is 5.87. The average Bonchev–Trinajstić information content (AvgIpc) is 2.60. The number of hydrogen-bond donors (Lipinski definition) is 1. The Hall–Kier alpha value is -1.88. The van der Waals surface area contributed by atoms with E-state index in [4.69, 9.17) is 9.47 Å². The Labute approximate surface area is 137 Å². The van der Waals surface area contributed by atoms with Gasteiger partial charge in [0.2, 0.25) is 0 Å². The second-order valence-corrected chi connectivity index (χ2v) is 5.94. The summed E-state index contributed by atoms with van der Waals surface area (Å²) >= 11 is 0. The molecule has 0 unspecified atom stereocenters. The third-order valence-electron chi connectivity index (χ3n) is 4.24. The van der Waals surface area contributed by atoms with Crippen LogP contribution in [0.4, 0.5) is 0 Å². The SMILES string of the molecule is CCOc1nc2ccccc2nc1OCCCC1CCNCC1. The van der Waals surface area contributed by atoms with Crippen molar-refractivity contribution in [2.75, 3.05) is 26.3 Å². The highest BCUT2D eigenvalue weighted by atomic mass is 16.5. The number of nitrogens with zero attached hydrogens (tertiary/aromatic N) is 2. The summed E-state index contributed by atoms with van der Waals surface area (Å²) in [4.78, 5) is 9.07. The van der Waals surface area contributed by atoms with Gasteiger partial charge in [-0.05, 0) is 63.7 Å². The Kier molecular flexibility index (Phi) is 5.64. The molecule has 1 aromatic heterocycles. The van der Waals surface area contributed by atoms with Crippen LogP contribution in [0.2, 0.25) is 0 Å². The molecule has 5 nitrogen and oxygen atoms in total. The molecule has 2 aromatic rings. The van der Waals surface area contributed by atoms with E-state index < -0.39 is 0 Å². The molecule has 1 fully saturated rings. The number of fused-ring (bicyclic) bond motifs is 1. The van der Waals surface area contributed by atoms with Crippen LogP contribution in [0.1, 0.15) is 32.6 Å². The Morgan fingerprint density at radius 2 is 1.70 bits per heavy atom. The van der Waals surface area contributed by atoms with Crippen LogP contribution >= 0.6 is 0 Å². The summed E-state index contributed by atoms with van der Waals surface area (Å²) in [6.07, 6.45) is 4.82. The van der Waals surface area contributed by atoms with Gasteiger partial charge in [0, 0.05) is 0 Å². The Bertz CT molecular complexity index is 627. The molecule has 0 bridgehead atoms. The molecule has 0 amide bonds. The molecule has 5 heteroatoms. The van der Waals surface area contributed by atoms with Crippen molar-refractivity contribution < 1.29 is 9.47 Å². The molecule has 0 spiro atoms. The van der Waals surface area contributed by atoms with Crippen LogP contribution in [0.25, 0.3) is 11.0 Å². The topological polar surface area (TPSA) is 56.3 Å². The molecule has 0 atom stereocenters. The lowest BCUT2D eigenvalue weighted by molar-refractivity contribution is 0.242. The van der Waals surface area contributed by atoms with Crippen molar-refractivity contribution in [3.8, 4) is 11.8 Å². The van der Waals surface area contributed by atoms with Gasteiger partial charge in [0.05, 0.1) is 24.2 Å². The van der Waals surface area contributed by atoms with Gasteiger partial charge in [0.1, 0.15) is 0 Å². The molecule has 1 aliphatic heterocycles. The summed E-state index contributed by atoms with van der Waals surface area (Å²) < 4.78 is 11.5. The number of nitrogens with one attached hydrogen (secondary N) is 1. The van der Waals surface area contributed by atoms with Crippen LogP contribution in [-0.4, -0.2) is 36.3 Å². The highest BCUT2D eigenvalue weighted by molar-refractivity contribution is 5.75. The molecule has 3 rings (SSSR count). The first-order valence-electron chi connectivity index (χ1n) is 8.60. The minimum absolute atomic E-state index is 0.494. The molecular formula is C18H25N3O2. The molecule has 23 heavy (non-hydrogen) atoms. The quantitative estimate of drug-likeness (QED) is 0.795. The maximum atomic E-state index is 5.87. The van der Waals surface area contributed by atoms with Crippen molar-refractivity contribution in [1.29, 1.82) is 0 Å². The summed E-state index contributed by atoms with van der Waals surface area (Å²) in [5.41, 5.74) is 1.67. The number of aromatic nitrogens is 2. The molecule has 124 valence electrons. The molecule has 1 aromatic carbocycles. The second kappa shape index (κ2) is 8.11. The lowest BCUT2D eigenvalue weighted by Gasteiger charge is -2.22. The predicted molar refractivity (Wildman–Crippen MR) is 91.0 cm³/mol. The standard InChI is InChI=1S/C18H25N3O2/c1-2-22-17-18(21-16-8-4-3-7-15(16)20-17)23-13-5-6-14-9-11-19-12-10-14/h3-4,7-8,14,19H,2,5-6,9-13H2,1H3. The first-order valence-corrected chi connectivity index (χ1v) is 8.60. The Balaban J connectivity index is 1.60. The number of para-hydroxylation sites is 2. The van der Waals surface area contributed by atoms with Crippen molar-refractivity contribution in [2.45, 2.75) is 32.6 Å². The van der Waals surface area contributed by atoms with E-state index in [9.17, 15) is 0 Å². The van der Waals surface area contributed by atoms with Crippen molar-refractivity contribution in [1.82, 2.24) is 15.3 Å². The average molecular weight is 315 g/mol. The zero-order valence-corrected chi connectivity index (χ0v) is 13.8. The third kappa shape index (κ3) is 4.32. The van der Waals surface area contributed by atoms with E-state index in [2.05, 4.69) is 15.3 Å². The van der Waals surface area contributed by atoms with E-state index in [0.717, 1.165) is 36.5 Å². The van der Waals surface area contributed by atoms with Gasteiger partial charge in [-0.1, -0.05) is 12.1 Å². The number of rotatable bonds is 7. The summed E-state index contributed by atoms with van der Waals surface area (Å²) in [5.74, 6) is 1.83. The van der Waals surface area contributed by atoms with Crippen LogP contribution in [0, 0.1) is 5.92 Å². The Morgan fingerprint density at radius 1 is 1.04 bits per heavy atom. The zero-order valence-electron chi connectivity index (χ0n) is 13.8. The van der Waals surface area contributed by atoms with Gasteiger partial charge in [-0.2, -0.15) is 0 Å². The van der Waals surface area contributed by atoms with Crippen LogP contribution in [-0.2, 0) is 0 Å². The first kappa shape index (κ1) is 16.0. The van der Waals surface area contributed by atoms with E-state index in [1.807, 2.05) is 31.2 Å². The van der Waals surface area contributed by atoms with Crippen molar-refractivity contribution in [2.24, 2.45) is 5.92 Å². The minimum atomic E-state index is 0.494. The van der Waals surface area contributed by atoms with Gasteiger partial charge in [-0.25, -0.2) is 9.97 Å². The van der Waals surface area contributed by atoms with E-state index in [1.54, 1.807) is 0 Å². The van der Waals surface area contributed by atoms with Crippen LogP contribution in [0.15, 0.2) is 24.3 Å². The molecule has 0 saturated carbocycles. The van der Waals surface area contributed by atoms with Crippen LogP contribution in [0.5, 0.6) is 11.8 Å². The molecule has 1 aliphatic rings. The molecule has 1 N–H and O–H groups in total. The summed E-state index contributed by atoms with van der Waals surface area (Å²) in [6, 6.07) is 7.79. The molecule has 0 aliphatic carbocycles. The molecular weight excluding hydrogens is 290 g/mol. The van der Waals surface area contributed by atoms with Crippen LogP contribution < -0.4 is 14.8 Å². The largest absolute Gasteiger partial charge is 0.474 e. The molecule has 2 heterocycles. The van der Waals surface area contributed by atoms with E-state index in [-0.39, 0.29) is 0 Å². The molecule has 1 saturated heterocycles. The fraction of sp³-hybridized carbons (Fsp3) is 0.556. The lowest BCUT2D eigenvalue weighted by Crippen LogP contribution is -2.27. The minimum Gasteiger partial charge on any atom is -0.474 e. The first-order chi connectivity index (χ1) is 11.4. The van der Waals surface area contributed by atoms with Gasteiger partial charge >= 0.3 is 0 Å². The highest BCUT2D eigenvalue weighted by Gasteiger charge is 2.14. The fourth-order valence-electron chi connectivity index (χ4n) is 3.00.